The number of morpholine rings is 1. The summed E-state index contributed by atoms with van der Waals surface area (Å²) in [4.78, 5) is 28.7. The fourth-order valence-corrected chi connectivity index (χ4v) is 4.02. The molecular weight excluding hydrogens is 294 g/mol. The molecule has 2 amide bonds. The molecule has 2 heterocycles. The molecular formula is C17H27N3O3. The molecule has 2 saturated carbocycles. The lowest BCUT2D eigenvalue weighted by atomic mass is 9.89. The number of nitrogens with zero attached hydrogens (tertiary/aromatic N) is 2. The standard InChI is InChI=1S/C17H27N3O3/c1-11-5-13(11)16(22)20-9-17(10-20)8-19(6-12-3-4-12)14(7-23-17)15(21)18-2/h11-14H,3-10H2,1-2H3,(H,18,21)/t11-,13-,14-/m0/s1. The van der Waals surface area contributed by atoms with Crippen molar-refractivity contribution in [2.24, 2.45) is 17.8 Å². The lowest BCUT2D eigenvalue weighted by molar-refractivity contribution is -0.205. The second kappa shape index (κ2) is 5.45. The third-order valence-corrected chi connectivity index (χ3v) is 5.91. The highest BCUT2D eigenvalue weighted by atomic mass is 16.5. The van der Waals surface area contributed by atoms with Crippen LogP contribution in [0.1, 0.15) is 26.2 Å². The fourth-order valence-electron chi connectivity index (χ4n) is 4.02. The Morgan fingerprint density at radius 3 is 2.52 bits per heavy atom. The van der Waals surface area contributed by atoms with Gasteiger partial charge in [0.15, 0.2) is 0 Å². The van der Waals surface area contributed by atoms with Crippen LogP contribution in [0.15, 0.2) is 0 Å². The minimum Gasteiger partial charge on any atom is -0.368 e. The van der Waals surface area contributed by atoms with Gasteiger partial charge in [-0.25, -0.2) is 0 Å². The van der Waals surface area contributed by atoms with Crippen molar-refractivity contribution in [3.05, 3.63) is 0 Å². The van der Waals surface area contributed by atoms with Crippen molar-refractivity contribution in [3.8, 4) is 0 Å². The van der Waals surface area contributed by atoms with E-state index < -0.39 is 0 Å². The largest absolute Gasteiger partial charge is 0.368 e. The minimum atomic E-state index is -0.243. The Hall–Kier alpha value is -1.14. The van der Waals surface area contributed by atoms with Crippen molar-refractivity contribution in [3.63, 3.8) is 0 Å². The van der Waals surface area contributed by atoms with Gasteiger partial charge in [0, 0.05) is 26.1 Å². The Morgan fingerprint density at radius 2 is 1.96 bits per heavy atom. The summed E-state index contributed by atoms with van der Waals surface area (Å²) in [5, 5.41) is 2.75. The predicted molar refractivity (Wildman–Crippen MR) is 84.7 cm³/mol. The number of carbonyl (C=O) groups excluding carboxylic acids is 2. The number of carbonyl (C=O) groups is 2. The maximum Gasteiger partial charge on any atom is 0.239 e. The van der Waals surface area contributed by atoms with E-state index in [1.807, 2.05) is 4.90 Å². The van der Waals surface area contributed by atoms with Gasteiger partial charge >= 0.3 is 0 Å². The Bertz CT molecular complexity index is 513. The predicted octanol–water partition coefficient (Wildman–Crippen LogP) is 0.0802. The number of ether oxygens (including phenoxy) is 1. The van der Waals surface area contributed by atoms with Crippen LogP contribution in [0.2, 0.25) is 0 Å². The van der Waals surface area contributed by atoms with Gasteiger partial charge in [0.2, 0.25) is 11.8 Å². The molecule has 0 bridgehead atoms. The lowest BCUT2D eigenvalue weighted by Gasteiger charge is -2.55. The second-order valence-corrected chi connectivity index (χ2v) is 8.01. The molecule has 4 aliphatic rings. The van der Waals surface area contributed by atoms with E-state index in [0.717, 1.165) is 25.4 Å². The van der Waals surface area contributed by atoms with Gasteiger partial charge in [-0.15, -0.1) is 0 Å². The van der Waals surface area contributed by atoms with Crippen molar-refractivity contribution < 1.29 is 14.3 Å². The van der Waals surface area contributed by atoms with E-state index in [0.29, 0.717) is 31.5 Å². The molecule has 2 aliphatic heterocycles. The first-order chi connectivity index (χ1) is 11.0. The molecule has 1 spiro atoms. The van der Waals surface area contributed by atoms with Crippen molar-refractivity contribution in [2.75, 3.05) is 39.8 Å². The molecule has 6 nitrogen and oxygen atoms in total. The quantitative estimate of drug-likeness (QED) is 0.797. The van der Waals surface area contributed by atoms with Gasteiger partial charge in [-0.1, -0.05) is 6.92 Å². The summed E-state index contributed by atoms with van der Waals surface area (Å²) < 4.78 is 6.08. The molecule has 6 heteroatoms. The Balaban J connectivity index is 1.37. The summed E-state index contributed by atoms with van der Waals surface area (Å²) in [5.74, 6) is 1.88. The van der Waals surface area contributed by atoms with Gasteiger partial charge in [-0.3, -0.25) is 14.5 Å². The number of likely N-dealkylation sites (N-methyl/N-ethyl adjacent to an activating group) is 1. The highest BCUT2D eigenvalue weighted by Gasteiger charge is 2.54. The van der Waals surface area contributed by atoms with Crippen LogP contribution < -0.4 is 5.32 Å². The summed E-state index contributed by atoms with van der Waals surface area (Å²) in [6.45, 7) is 5.71. The SMILES string of the molecule is CNC(=O)[C@@H]1COC2(CN(C(=O)[C@H]3C[C@@H]3C)C2)CN1CC1CC1. The van der Waals surface area contributed by atoms with Crippen LogP contribution in [0.25, 0.3) is 0 Å². The van der Waals surface area contributed by atoms with Crippen LogP contribution >= 0.6 is 0 Å². The monoisotopic (exact) mass is 321 g/mol. The van der Waals surface area contributed by atoms with Crippen LogP contribution in [0, 0.1) is 17.8 Å². The average Bonchev–Trinajstić information content (AvgIpc) is 3.42. The summed E-state index contributed by atoms with van der Waals surface area (Å²) in [6.07, 6.45) is 3.58. The van der Waals surface area contributed by atoms with Gasteiger partial charge in [-0.05, 0) is 31.1 Å². The summed E-state index contributed by atoms with van der Waals surface area (Å²) in [6, 6.07) is -0.181. The molecule has 2 saturated heterocycles. The maximum absolute atomic E-state index is 12.3. The third-order valence-electron chi connectivity index (χ3n) is 5.91. The molecule has 1 N–H and O–H groups in total. The molecule has 4 fully saturated rings. The van der Waals surface area contributed by atoms with E-state index in [9.17, 15) is 9.59 Å². The van der Waals surface area contributed by atoms with Gasteiger partial charge in [-0.2, -0.15) is 0 Å². The first kappa shape index (κ1) is 15.4. The number of rotatable bonds is 4. The normalized spacial score (nSPS) is 35.7. The zero-order valence-corrected chi connectivity index (χ0v) is 14.1. The number of hydrogen-bond acceptors (Lipinski definition) is 4. The van der Waals surface area contributed by atoms with Crippen molar-refractivity contribution >= 4 is 11.8 Å². The van der Waals surface area contributed by atoms with Crippen LogP contribution in [-0.4, -0.2) is 73.1 Å². The molecule has 0 radical (unpaired) electrons. The number of amides is 2. The van der Waals surface area contributed by atoms with Crippen LogP contribution in [0.3, 0.4) is 0 Å². The molecule has 128 valence electrons. The van der Waals surface area contributed by atoms with Gasteiger partial charge in [0.1, 0.15) is 11.6 Å². The fraction of sp³-hybridized carbons (Fsp3) is 0.882. The highest BCUT2D eigenvalue weighted by molar-refractivity contribution is 5.83. The summed E-state index contributed by atoms with van der Waals surface area (Å²) >= 11 is 0. The molecule has 0 aromatic heterocycles. The lowest BCUT2D eigenvalue weighted by Crippen LogP contribution is -2.74. The van der Waals surface area contributed by atoms with E-state index in [-0.39, 0.29) is 23.5 Å². The topological polar surface area (TPSA) is 61.9 Å². The first-order valence-corrected chi connectivity index (χ1v) is 8.90. The zero-order chi connectivity index (χ0) is 16.2. The Labute approximate surface area is 137 Å². The maximum atomic E-state index is 12.3. The summed E-state index contributed by atoms with van der Waals surface area (Å²) in [7, 11) is 1.68. The molecule has 0 aromatic carbocycles. The van der Waals surface area contributed by atoms with Crippen molar-refractivity contribution in [1.82, 2.24) is 15.1 Å². The van der Waals surface area contributed by atoms with Gasteiger partial charge in [0.05, 0.1) is 19.7 Å². The zero-order valence-electron chi connectivity index (χ0n) is 14.1. The van der Waals surface area contributed by atoms with Crippen LogP contribution in [0.5, 0.6) is 0 Å². The van der Waals surface area contributed by atoms with Crippen molar-refractivity contribution in [1.29, 1.82) is 0 Å². The number of likely N-dealkylation sites (tertiary alicyclic amines) is 1. The van der Waals surface area contributed by atoms with Crippen LogP contribution in [0.4, 0.5) is 0 Å². The number of hydrogen-bond donors (Lipinski definition) is 1. The molecule has 3 atom stereocenters. The van der Waals surface area contributed by atoms with E-state index >= 15 is 0 Å². The smallest absolute Gasteiger partial charge is 0.239 e. The highest BCUT2D eigenvalue weighted by Crippen LogP contribution is 2.42. The molecule has 2 aliphatic carbocycles. The Kier molecular flexibility index (Phi) is 3.65. The van der Waals surface area contributed by atoms with E-state index in [1.165, 1.54) is 12.8 Å². The third kappa shape index (κ3) is 2.87. The van der Waals surface area contributed by atoms with E-state index in [1.54, 1.807) is 7.05 Å². The van der Waals surface area contributed by atoms with Crippen LogP contribution in [-0.2, 0) is 14.3 Å². The second-order valence-electron chi connectivity index (χ2n) is 8.01. The minimum absolute atomic E-state index is 0.0413. The van der Waals surface area contributed by atoms with Gasteiger partial charge < -0.3 is 15.0 Å². The van der Waals surface area contributed by atoms with E-state index in [2.05, 4.69) is 17.1 Å². The summed E-state index contributed by atoms with van der Waals surface area (Å²) in [5.41, 5.74) is -0.243. The average molecular weight is 321 g/mol. The number of nitrogens with one attached hydrogen (secondary N) is 1. The first-order valence-electron chi connectivity index (χ1n) is 8.90. The molecule has 0 aromatic rings. The van der Waals surface area contributed by atoms with E-state index in [4.69, 9.17) is 4.74 Å². The van der Waals surface area contributed by atoms with Crippen molar-refractivity contribution in [2.45, 2.75) is 37.8 Å². The Morgan fingerprint density at radius 1 is 1.26 bits per heavy atom. The molecule has 4 rings (SSSR count). The molecule has 0 unspecified atom stereocenters. The van der Waals surface area contributed by atoms with Gasteiger partial charge in [0.25, 0.3) is 0 Å². The molecule has 23 heavy (non-hydrogen) atoms.